The highest BCUT2D eigenvalue weighted by atomic mass is 16.6. The average Bonchev–Trinajstić information content (AvgIpc) is 2.14. The zero-order chi connectivity index (χ0) is 9.94. The minimum absolute atomic E-state index is 0.220. The number of hydrogen-bond donors (Lipinski definition) is 1. The van der Waals surface area contributed by atoms with Gasteiger partial charge in [-0.2, -0.15) is 0 Å². The summed E-state index contributed by atoms with van der Waals surface area (Å²) in [6.07, 6.45) is 0.991. The molecule has 0 amide bonds. The fourth-order valence-electron chi connectivity index (χ4n) is 0.739. The first kappa shape index (κ1) is 12.4. The first-order valence-corrected chi connectivity index (χ1v) is 4.75. The van der Waals surface area contributed by atoms with E-state index in [9.17, 15) is 4.79 Å². The van der Waals surface area contributed by atoms with Gasteiger partial charge in [0.15, 0.2) is 0 Å². The van der Waals surface area contributed by atoms with Crippen molar-refractivity contribution in [1.29, 1.82) is 0 Å². The van der Waals surface area contributed by atoms with Gasteiger partial charge in [0.05, 0.1) is 13.2 Å². The van der Waals surface area contributed by atoms with Gasteiger partial charge in [0, 0.05) is 6.61 Å². The smallest absolute Gasteiger partial charge is 0.319 e. The van der Waals surface area contributed by atoms with Crippen molar-refractivity contribution in [1.82, 2.24) is 5.32 Å². The van der Waals surface area contributed by atoms with Crippen LogP contribution < -0.4 is 5.32 Å². The van der Waals surface area contributed by atoms with E-state index in [0.29, 0.717) is 13.2 Å². The number of hydrogen-bond acceptors (Lipinski definition) is 4. The number of rotatable bonds is 8. The maximum atomic E-state index is 10.9. The van der Waals surface area contributed by atoms with E-state index < -0.39 is 0 Å². The third-order valence-electron chi connectivity index (χ3n) is 1.36. The maximum Gasteiger partial charge on any atom is 0.319 e. The Balaban J connectivity index is 3.08. The SMILES string of the molecule is CCCOCCOC(=O)CNCC. The van der Waals surface area contributed by atoms with E-state index in [1.54, 1.807) is 0 Å². The summed E-state index contributed by atoms with van der Waals surface area (Å²) in [5.74, 6) is -0.220. The zero-order valence-corrected chi connectivity index (χ0v) is 8.47. The van der Waals surface area contributed by atoms with E-state index in [0.717, 1.165) is 19.6 Å². The van der Waals surface area contributed by atoms with Crippen LogP contribution in [0, 0.1) is 0 Å². The zero-order valence-electron chi connectivity index (χ0n) is 8.47. The van der Waals surface area contributed by atoms with E-state index in [-0.39, 0.29) is 12.5 Å². The van der Waals surface area contributed by atoms with E-state index in [2.05, 4.69) is 5.32 Å². The van der Waals surface area contributed by atoms with Gasteiger partial charge in [-0.1, -0.05) is 13.8 Å². The minimum atomic E-state index is -0.220. The lowest BCUT2D eigenvalue weighted by atomic mass is 10.5. The topological polar surface area (TPSA) is 47.6 Å². The lowest BCUT2D eigenvalue weighted by Gasteiger charge is -2.05. The maximum absolute atomic E-state index is 10.9. The van der Waals surface area contributed by atoms with E-state index in [1.807, 2.05) is 13.8 Å². The Labute approximate surface area is 79.6 Å². The number of esters is 1. The van der Waals surface area contributed by atoms with Crippen molar-refractivity contribution in [2.75, 3.05) is 32.9 Å². The Kier molecular flexibility index (Phi) is 9.03. The van der Waals surface area contributed by atoms with Crippen LogP contribution in [0.25, 0.3) is 0 Å². The van der Waals surface area contributed by atoms with Crippen molar-refractivity contribution in [2.24, 2.45) is 0 Å². The molecule has 78 valence electrons. The molecule has 0 saturated heterocycles. The highest BCUT2D eigenvalue weighted by Crippen LogP contribution is 1.82. The molecule has 0 radical (unpaired) electrons. The highest BCUT2D eigenvalue weighted by Gasteiger charge is 1.99. The summed E-state index contributed by atoms with van der Waals surface area (Å²) >= 11 is 0. The summed E-state index contributed by atoms with van der Waals surface area (Å²) < 4.78 is 10.0. The van der Waals surface area contributed by atoms with Crippen molar-refractivity contribution in [3.8, 4) is 0 Å². The molecule has 4 nitrogen and oxygen atoms in total. The van der Waals surface area contributed by atoms with Gasteiger partial charge in [0.25, 0.3) is 0 Å². The molecule has 13 heavy (non-hydrogen) atoms. The number of ether oxygens (including phenoxy) is 2. The van der Waals surface area contributed by atoms with E-state index in [1.165, 1.54) is 0 Å². The standard InChI is InChI=1S/C9H19NO3/c1-3-5-12-6-7-13-9(11)8-10-4-2/h10H,3-8H2,1-2H3. The monoisotopic (exact) mass is 189 g/mol. The molecule has 0 saturated carbocycles. The Bertz CT molecular complexity index is 128. The quantitative estimate of drug-likeness (QED) is 0.448. The largest absolute Gasteiger partial charge is 0.462 e. The molecule has 0 aliphatic heterocycles. The van der Waals surface area contributed by atoms with Gasteiger partial charge in [-0.3, -0.25) is 4.79 Å². The fraction of sp³-hybridized carbons (Fsp3) is 0.889. The van der Waals surface area contributed by atoms with Crippen LogP contribution >= 0.6 is 0 Å². The second kappa shape index (κ2) is 9.48. The van der Waals surface area contributed by atoms with Gasteiger partial charge in [-0.25, -0.2) is 0 Å². The van der Waals surface area contributed by atoms with Gasteiger partial charge in [0.1, 0.15) is 6.61 Å². The molecule has 0 bridgehead atoms. The van der Waals surface area contributed by atoms with Crippen molar-refractivity contribution >= 4 is 5.97 Å². The summed E-state index contributed by atoms with van der Waals surface area (Å²) in [6.45, 7) is 6.61. The predicted molar refractivity (Wildman–Crippen MR) is 50.6 cm³/mol. The molecule has 0 spiro atoms. The first-order valence-electron chi connectivity index (χ1n) is 4.75. The van der Waals surface area contributed by atoms with Crippen LogP contribution in [-0.4, -0.2) is 38.9 Å². The lowest BCUT2D eigenvalue weighted by Crippen LogP contribution is -2.25. The van der Waals surface area contributed by atoms with Crippen LogP contribution in [-0.2, 0) is 14.3 Å². The molecular formula is C9H19NO3. The first-order chi connectivity index (χ1) is 6.31. The molecule has 0 aromatic carbocycles. The molecule has 0 fully saturated rings. The summed E-state index contributed by atoms with van der Waals surface area (Å²) in [4.78, 5) is 10.9. The second-order valence-electron chi connectivity index (χ2n) is 2.61. The van der Waals surface area contributed by atoms with Gasteiger partial charge in [0.2, 0.25) is 0 Å². The van der Waals surface area contributed by atoms with Gasteiger partial charge < -0.3 is 14.8 Å². The molecular weight excluding hydrogens is 170 g/mol. The van der Waals surface area contributed by atoms with Crippen LogP contribution in [0.1, 0.15) is 20.3 Å². The van der Waals surface area contributed by atoms with Crippen molar-refractivity contribution < 1.29 is 14.3 Å². The van der Waals surface area contributed by atoms with Gasteiger partial charge in [-0.05, 0) is 13.0 Å². The molecule has 0 aromatic heterocycles. The van der Waals surface area contributed by atoms with Crippen molar-refractivity contribution in [2.45, 2.75) is 20.3 Å². The summed E-state index contributed by atoms with van der Waals surface area (Å²) in [5, 5.41) is 2.88. The van der Waals surface area contributed by atoms with Gasteiger partial charge in [-0.15, -0.1) is 0 Å². The summed E-state index contributed by atoms with van der Waals surface area (Å²) in [5.41, 5.74) is 0. The fourth-order valence-corrected chi connectivity index (χ4v) is 0.739. The molecule has 0 aliphatic carbocycles. The summed E-state index contributed by atoms with van der Waals surface area (Å²) in [7, 11) is 0. The third-order valence-corrected chi connectivity index (χ3v) is 1.36. The Hall–Kier alpha value is -0.610. The Morgan fingerprint density at radius 2 is 2.00 bits per heavy atom. The molecule has 4 heteroatoms. The summed E-state index contributed by atoms with van der Waals surface area (Å²) in [6, 6.07) is 0. The number of nitrogens with one attached hydrogen (secondary N) is 1. The van der Waals surface area contributed by atoms with Crippen molar-refractivity contribution in [3.63, 3.8) is 0 Å². The Morgan fingerprint density at radius 1 is 1.23 bits per heavy atom. The second-order valence-corrected chi connectivity index (χ2v) is 2.61. The van der Waals surface area contributed by atoms with Crippen LogP contribution in [0.3, 0.4) is 0 Å². The molecule has 0 heterocycles. The average molecular weight is 189 g/mol. The Morgan fingerprint density at radius 3 is 2.62 bits per heavy atom. The number of carbonyl (C=O) groups is 1. The molecule has 0 aromatic rings. The molecule has 0 rings (SSSR count). The van der Waals surface area contributed by atoms with Crippen LogP contribution in [0.4, 0.5) is 0 Å². The normalized spacial score (nSPS) is 10.0. The van der Waals surface area contributed by atoms with Gasteiger partial charge >= 0.3 is 5.97 Å². The minimum Gasteiger partial charge on any atom is -0.462 e. The molecule has 1 N–H and O–H groups in total. The number of likely N-dealkylation sites (N-methyl/N-ethyl adjacent to an activating group) is 1. The molecule has 0 unspecified atom stereocenters. The third kappa shape index (κ3) is 9.30. The van der Waals surface area contributed by atoms with Crippen LogP contribution in [0.5, 0.6) is 0 Å². The number of carbonyl (C=O) groups excluding carboxylic acids is 1. The van der Waals surface area contributed by atoms with E-state index in [4.69, 9.17) is 9.47 Å². The lowest BCUT2D eigenvalue weighted by molar-refractivity contribution is -0.144. The van der Waals surface area contributed by atoms with Crippen molar-refractivity contribution in [3.05, 3.63) is 0 Å². The highest BCUT2D eigenvalue weighted by molar-refractivity contribution is 5.71. The predicted octanol–water partition coefficient (Wildman–Crippen LogP) is 0.566. The van der Waals surface area contributed by atoms with Crippen LogP contribution in [0.15, 0.2) is 0 Å². The molecule has 0 aliphatic rings. The van der Waals surface area contributed by atoms with E-state index >= 15 is 0 Å². The van der Waals surface area contributed by atoms with Crippen LogP contribution in [0.2, 0.25) is 0 Å². The molecule has 0 atom stereocenters.